The Morgan fingerprint density at radius 3 is 2.29 bits per heavy atom. The standard InChI is InChI=1S/C20H22N4/c1-14-5-3-7-16(11-14)19-18(22-10-9-21)13-23-20(24-19)17-8-4-6-15(2)12-17/h3-8,11-13,22H,9-10,21H2,1-2H3. The van der Waals surface area contributed by atoms with Crippen LogP contribution in [0.2, 0.25) is 0 Å². The van der Waals surface area contributed by atoms with Gasteiger partial charge in [0.25, 0.3) is 0 Å². The van der Waals surface area contributed by atoms with Crippen molar-refractivity contribution in [2.75, 3.05) is 18.4 Å². The monoisotopic (exact) mass is 318 g/mol. The quantitative estimate of drug-likeness (QED) is 0.751. The highest BCUT2D eigenvalue weighted by Crippen LogP contribution is 2.28. The summed E-state index contributed by atoms with van der Waals surface area (Å²) in [6.45, 7) is 5.40. The van der Waals surface area contributed by atoms with E-state index in [1.807, 2.05) is 24.4 Å². The van der Waals surface area contributed by atoms with Gasteiger partial charge in [0, 0.05) is 24.2 Å². The summed E-state index contributed by atoms with van der Waals surface area (Å²) in [5.41, 5.74) is 11.9. The van der Waals surface area contributed by atoms with E-state index < -0.39 is 0 Å². The molecule has 3 N–H and O–H groups in total. The van der Waals surface area contributed by atoms with Crippen molar-refractivity contribution >= 4 is 5.69 Å². The summed E-state index contributed by atoms with van der Waals surface area (Å²) in [5.74, 6) is 0.730. The Labute approximate surface area is 142 Å². The van der Waals surface area contributed by atoms with Gasteiger partial charge in [0.05, 0.1) is 17.6 Å². The fourth-order valence-electron chi connectivity index (χ4n) is 2.65. The molecule has 0 spiro atoms. The van der Waals surface area contributed by atoms with Gasteiger partial charge in [0.2, 0.25) is 0 Å². The second-order valence-corrected chi connectivity index (χ2v) is 5.91. The number of benzene rings is 2. The number of hydrogen-bond acceptors (Lipinski definition) is 4. The molecule has 0 amide bonds. The SMILES string of the molecule is Cc1cccc(-c2ncc(NCCN)c(-c3cccc(C)c3)n2)c1. The molecule has 0 saturated carbocycles. The Morgan fingerprint density at radius 2 is 1.62 bits per heavy atom. The first-order valence-corrected chi connectivity index (χ1v) is 8.12. The molecule has 0 aliphatic heterocycles. The molecule has 2 aromatic carbocycles. The molecule has 0 aliphatic carbocycles. The first-order valence-electron chi connectivity index (χ1n) is 8.12. The Morgan fingerprint density at radius 1 is 0.958 bits per heavy atom. The van der Waals surface area contributed by atoms with Gasteiger partial charge in [-0.2, -0.15) is 0 Å². The lowest BCUT2D eigenvalue weighted by Gasteiger charge is -2.13. The van der Waals surface area contributed by atoms with Gasteiger partial charge in [-0.1, -0.05) is 47.5 Å². The maximum absolute atomic E-state index is 5.62. The van der Waals surface area contributed by atoms with Crippen molar-refractivity contribution in [2.45, 2.75) is 13.8 Å². The minimum Gasteiger partial charge on any atom is -0.381 e. The third-order valence-electron chi connectivity index (χ3n) is 3.82. The number of nitrogens with two attached hydrogens (primary N) is 1. The van der Waals surface area contributed by atoms with Gasteiger partial charge in [-0.15, -0.1) is 0 Å². The van der Waals surface area contributed by atoms with E-state index in [1.54, 1.807) is 0 Å². The van der Waals surface area contributed by atoms with Crippen LogP contribution in [0, 0.1) is 13.8 Å². The molecule has 1 heterocycles. The van der Waals surface area contributed by atoms with E-state index in [1.165, 1.54) is 11.1 Å². The van der Waals surface area contributed by atoms with Crippen molar-refractivity contribution < 1.29 is 0 Å². The van der Waals surface area contributed by atoms with E-state index in [0.717, 1.165) is 28.3 Å². The molecule has 3 rings (SSSR count). The van der Waals surface area contributed by atoms with Gasteiger partial charge in [-0.25, -0.2) is 9.97 Å². The molecular formula is C20H22N4. The Hall–Kier alpha value is -2.72. The molecule has 0 saturated heterocycles. The first-order chi connectivity index (χ1) is 11.7. The third-order valence-corrected chi connectivity index (χ3v) is 3.82. The minimum absolute atomic E-state index is 0.562. The Balaban J connectivity index is 2.10. The van der Waals surface area contributed by atoms with Crippen molar-refractivity contribution in [3.05, 3.63) is 65.9 Å². The molecule has 0 atom stereocenters. The largest absolute Gasteiger partial charge is 0.381 e. The van der Waals surface area contributed by atoms with Crippen LogP contribution in [0.3, 0.4) is 0 Å². The smallest absolute Gasteiger partial charge is 0.159 e. The Bertz CT molecular complexity index is 843. The highest BCUT2D eigenvalue weighted by molar-refractivity contribution is 5.76. The van der Waals surface area contributed by atoms with Crippen molar-refractivity contribution in [3.8, 4) is 22.6 Å². The van der Waals surface area contributed by atoms with Crippen molar-refractivity contribution in [1.29, 1.82) is 0 Å². The molecule has 1 aromatic heterocycles. The summed E-state index contributed by atoms with van der Waals surface area (Å²) in [4.78, 5) is 9.37. The first kappa shape index (κ1) is 16.1. The van der Waals surface area contributed by atoms with Crippen LogP contribution in [0.5, 0.6) is 0 Å². The molecule has 122 valence electrons. The molecular weight excluding hydrogens is 296 g/mol. The maximum Gasteiger partial charge on any atom is 0.159 e. The summed E-state index contributed by atoms with van der Waals surface area (Å²) in [7, 11) is 0. The van der Waals surface area contributed by atoms with Gasteiger partial charge in [0.1, 0.15) is 0 Å². The van der Waals surface area contributed by atoms with Gasteiger partial charge in [0.15, 0.2) is 5.82 Å². The Kier molecular flexibility index (Phi) is 4.87. The predicted octanol–water partition coefficient (Wildman–Crippen LogP) is 3.80. The second-order valence-electron chi connectivity index (χ2n) is 5.91. The summed E-state index contributed by atoms with van der Waals surface area (Å²) in [6.07, 6.45) is 1.85. The molecule has 4 nitrogen and oxygen atoms in total. The maximum atomic E-state index is 5.62. The zero-order valence-electron chi connectivity index (χ0n) is 14.1. The molecule has 0 unspecified atom stereocenters. The normalized spacial score (nSPS) is 10.6. The molecule has 0 bridgehead atoms. The molecule has 24 heavy (non-hydrogen) atoms. The van der Waals surface area contributed by atoms with E-state index in [9.17, 15) is 0 Å². The van der Waals surface area contributed by atoms with Gasteiger partial charge in [-0.05, 0) is 26.0 Å². The zero-order chi connectivity index (χ0) is 16.9. The highest BCUT2D eigenvalue weighted by Gasteiger charge is 2.11. The highest BCUT2D eigenvalue weighted by atomic mass is 15.0. The fourth-order valence-corrected chi connectivity index (χ4v) is 2.65. The number of nitrogens with zero attached hydrogens (tertiary/aromatic N) is 2. The van der Waals surface area contributed by atoms with E-state index >= 15 is 0 Å². The number of aryl methyl sites for hydroxylation is 2. The topological polar surface area (TPSA) is 63.8 Å². The minimum atomic E-state index is 0.562. The lowest BCUT2D eigenvalue weighted by atomic mass is 10.1. The van der Waals surface area contributed by atoms with Crippen LogP contribution in [-0.4, -0.2) is 23.1 Å². The van der Waals surface area contributed by atoms with Crippen LogP contribution < -0.4 is 11.1 Å². The molecule has 4 heteroatoms. The van der Waals surface area contributed by atoms with Crippen LogP contribution in [0.25, 0.3) is 22.6 Å². The van der Waals surface area contributed by atoms with Gasteiger partial charge >= 0.3 is 0 Å². The van der Waals surface area contributed by atoms with Gasteiger partial charge < -0.3 is 11.1 Å². The van der Waals surface area contributed by atoms with E-state index in [4.69, 9.17) is 10.7 Å². The number of aromatic nitrogens is 2. The summed E-state index contributed by atoms with van der Waals surface area (Å²) in [5, 5.41) is 3.32. The second kappa shape index (κ2) is 7.23. The van der Waals surface area contributed by atoms with Crippen LogP contribution in [0.15, 0.2) is 54.7 Å². The molecule has 0 fully saturated rings. The lowest BCUT2D eigenvalue weighted by Crippen LogP contribution is -2.14. The fraction of sp³-hybridized carbons (Fsp3) is 0.200. The number of anilines is 1. The predicted molar refractivity (Wildman–Crippen MR) is 99.9 cm³/mol. The van der Waals surface area contributed by atoms with Crippen LogP contribution >= 0.6 is 0 Å². The van der Waals surface area contributed by atoms with E-state index in [2.05, 4.69) is 54.5 Å². The van der Waals surface area contributed by atoms with Gasteiger partial charge in [-0.3, -0.25) is 0 Å². The number of hydrogen-bond donors (Lipinski definition) is 2. The molecule has 0 radical (unpaired) electrons. The average Bonchev–Trinajstić information content (AvgIpc) is 2.60. The van der Waals surface area contributed by atoms with E-state index in [-0.39, 0.29) is 0 Å². The van der Waals surface area contributed by atoms with Crippen molar-refractivity contribution in [3.63, 3.8) is 0 Å². The molecule has 0 aliphatic rings. The van der Waals surface area contributed by atoms with Crippen LogP contribution in [0.4, 0.5) is 5.69 Å². The summed E-state index contributed by atoms with van der Waals surface area (Å²) < 4.78 is 0. The molecule has 3 aromatic rings. The number of nitrogens with one attached hydrogen (secondary N) is 1. The van der Waals surface area contributed by atoms with E-state index in [0.29, 0.717) is 13.1 Å². The lowest BCUT2D eigenvalue weighted by molar-refractivity contribution is 1.02. The summed E-state index contributed by atoms with van der Waals surface area (Å²) >= 11 is 0. The average molecular weight is 318 g/mol. The number of rotatable bonds is 5. The summed E-state index contributed by atoms with van der Waals surface area (Å²) in [6, 6.07) is 16.6. The van der Waals surface area contributed by atoms with Crippen molar-refractivity contribution in [1.82, 2.24) is 9.97 Å². The van der Waals surface area contributed by atoms with Crippen LogP contribution in [0.1, 0.15) is 11.1 Å². The van der Waals surface area contributed by atoms with Crippen LogP contribution in [-0.2, 0) is 0 Å². The third kappa shape index (κ3) is 3.60. The zero-order valence-corrected chi connectivity index (χ0v) is 14.1. The van der Waals surface area contributed by atoms with Crippen molar-refractivity contribution in [2.24, 2.45) is 5.73 Å².